The van der Waals surface area contributed by atoms with Crippen molar-refractivity contribution in [2.24, 2.45) is 4.99 Å². The molecular formula is C19H29NO2. The summed E-state index contributed by atoms with van der Waals surface area (Å²) < 4.78 is 5.34. The van der Waals surface area contributed by atoms with Gasteiger partial charge in [-0.2, -0.15) is 0 Å². The molecule has 0 aromatic heterocycles. The zero-order valence-corrected chi connectivity index (χ0v) is 14.2. The summed E-state index contributed by atoms with van der Waals surface area (Å²) in [5.74, 6) is -0.177. The van der Waals surface area contributed by atoms with E-state index in [0.29, 0.717) is 6.61 Å². The summed E-state index contributed by atoms with van der Waals surface area (Å²) in [5.41, 5.74) is 0.293. The molecule has 0 fully saturated rings. The topological polar surface area (TPSA) is 38.7 Å². The van der Waals surface area contributed by atoms with Crippen LogP contribution in [0.1, 0.15) is 64.9 Å². The first-order valence-corrected chi connectivity index (χ1v) is 8.46. The largest absolute Gasteiger partial charge is 0.464 e. The standard InChI is InChI=1S/C19H29NO2/c1-4-7-14-19(15-8-5-2,18(21)22-6-3)20-16-17-12-10-9-11-13-17/h9-13,16H,4-8,14-15H2,1-3H3/b20-16+. The molecule has 0 saturated heterocycles. The number of aliphatic imine (C=N–C) groups is 1. The fourth-order valence-electron chi connectivity index (χ4n) is 2.45. The van der Waals surface area contributed by atoms with Gasteiger partial charge in [0.1, 0.15) is 0 Å². The lowest BCUT2D eigenvalue weighted by Crippen LogP contribution is -2.39. The van der Waals surface area contributed by atoms with Crippen LogP contribution in [-0.4, -0.2) is 24.3 Å². The lowest BCUT2D eigenvalue weighted by atomic mass is 9.87. The van der Waals surface area contributed by atoms with E-state index in [0.717, 1.165) is 44.1 Å². The third-order valence-electron chi connectivity index (χ3n) is 3.80. The zero-order valence-electron chi connectivity index (χ0n) is 14.2. The second-order valence-electron chi connectivity index (χ2n) is 5.63. The van der Waals surface area contributed by atoms with E-state index < -0.39 is 5.54 Å². The van der Waals surface area contributed by atoms with Gasteiger partial charge in [-0.05, 0) is 25.3 Å². The molecule has 0 atom stereocenters. The molecule has 0 bridgehead atoms. The quantitative estimate of drug-likeness (QED) is 0.460. The number of hydrogen-bond acceptors (Lipinski definition) is 3. The highest BCUT2D eigenvalue weighted by Crippen LogP contribution is 2.28. The molecule has 3 nitrogen and oxygen atoms in total. The van der Waals surface area contributed by atoms with E-state index in [1.807, 2.05) is 43.5 Å². The maximum absolute atomic E-state index is 12.6. The van der Waals surface area contributed by atoms with Gasteiger partial charge in [0, 0.05) is 6.21 Å². The number of nitrogens with zero attached hydrogens (tertiary/aromatic N) is 1. The molecule has 0 spiro atoms. The predicted octanol–water partition coefficient (Wildman–Crippen LogP) is 4.79. The van der Waals surface area contributed by atoms with E-state index in [-0.39, 0.29) is 5.97 Å². The van der Waals surface area contributed by atoms with E-state index >= 15 is 0 Å². The van der Waals surface area contributed by atoms with Crippen LogP contribution in [0.4, 0.5) is 0 Å². The van der Waals surface area contributed by atoms with Crippen LogP contribution >= 0.6 is 0 Å². The molecule has 1 rings (SSSR count). The molecule has 0 aliphatic heterocycles. The lowest BCUT2D eigenvalue weighted by Gasteiger charge is -2.27. The van der Waals surface area contributed by atoms with E-state index in [1.54, 1.807) is 0 Å². The number of carbonyl (C=O) groups excluding carboxylic acids is 1. The van der Waals surface area contributed by atoms with Crippen LogP contribution in [0.25, 0.3) is 0 Å². The van der Waals surface area contributed by atoms with Crippen LogP contribution in [0.15, 0.2) is 35.3 Å². The number of unbranched alkanes of at least 4 members (excludes halogenated alkanes) is 2. The summed E-state index contributed by atoms with van der Waals surface area (Å²) in [6.45, 7) is 6.52. The number of hydrogen-bond donors (Lipinski definition) is 0. The molecule has 0 heterocycles. The normalized spacial score (nSPS) is 11.8. The van der Waals surface area contributed by atoms with Crippen molar-refractivity contribution in [2.45, 2.75) is 64.8 Å². The SMILES string of the molecule is CCCCC(CCCC)(/N=C/c1ccccc1)C(=O)OCC. The fraction of sp³-hybridized carbons (Fsp3) is 0.579. The van der Waals surface area contributed by atoms with E-state index in [2.05, 4.69) is 13.8 Å². The highest BCUT2D eigenvalue weighted by molar-refractivity contribution is 5.87. The molecule has 0 unspecified atom stereocenters. The second-order valence-corrected chi connectivity index (χ2v) is 5.63. The van der Waals surface area contributed by atoms with Gasteiger partial charge >= 0.3 is 5.97 Å². The summed E-state index contributed by atoms with van der Waals surface area (Å²) in [5, 5.41) is 0. The summed E-state index contributed by atoms with van der Waals surface area (Å²) in [6.07, 6.45) is 7.39. The number of ether oxygens (including phenoxy) is 1. The Balaban J connectivity index is 3.03. The summed E-state index contributed by atoms with van der Waals surface area (Å²) >= 11 is 0. The molecule has 122 valence electrons. The van der Waals surface area contributed by atoms with Crippen LogP contribution in [0.2, 0.25) is 0 Å². The summed E-state index contributed by atoms with van der Waals surface area (Å²) in [7, 11) is 0. The van der Waals surface area contributed by atoms with Crippen molar-refractivity contribution in [2.75, 3.05) is 6.61 Å². The molecule has 1 aromatic carbocycles. The predicted molar refractivity (Wildman–Crippen MR) is 92.5 cm³/mol. The molecule has 3 heteroatoms. The van der Waals surface area contributed by atoms with Crippen LogP contribution in [0.3, 0.4) is 0 Å². The number of benzene rings is 1. The monoisotopic (exact) mass is 303 g/mol. The Kier molecular flexibility index (Phi) is 8.49. The number of carbonyl (C=O) groups is 1. The van der Waals surface area contributed by atoms with Crippen LogP contribution in [0, 0.1) is 0 Å². The highest BCUT2D eigenvalue weighted by Gasteiger charge is 2.37. The Hall–Kier alpha value is -1.64. The number of rotatable bonds is 10. The smallest absolute Gasteiger partial charge is 0.333 e. The fourth-order valence-corrected chi connectivity index (χ4v) is 2.45. The minimum Gasteiger partial charge on any atom is -0.464 e. The third-order valence-corrected chi connectivity index (χ3v) is 3.80. The average Bonchev–Trinajstić information content (AvgIpc) is 2.55. The molecule has 0 N–H and O–H groups in total. The first-order chi connectivity index (χ1) is 10.7. The van der Waals surface area contributed by atoms with E-state index in [1.165, 1.54) is 0 Å². The van der Waals surface area contributed by atoms with Crippen molar-refractivity contribution >= 4 is 12.2 Å². The first-order valence-electron chi connectivity index (χ1n) is 8.46. The van der Waals surface area contributed by atoms with Crippen molar-refractivity contribution in [3.8, 4) is 0 Å². The van der Waals surface area contributed by atoms with Gasteiger partial charge in [0.2, 0.25) is 0 Å². The molecular weight excluding hydrogens is 274 g/mol. The minimum absolute atomic E-state index is 0.177. The Morgan fingerprint density at radius 3 is 2.18 bits per heavy atom. The highest BCUT2D eigenvalue weighted by atomic mass is 16.5. The maximum Gasteiger partial charge on any atom is 0.333 e. The van der Waals surface area contributed by atoms with Crippen molar-refractivity contribution in [1.82, 2.24) is 0 Å². The van der Waals surface area contributed by atoms with Crippen LogP contribution < -0.4 is 0 Å². The van der Waals surface area contributed by atoms with Crippen molar-refractivity contribution in [3.05, 3.63) is 35.9 Å². The van der Waals surface area contributed by atoms with Gasteiger partial charge in [0.25, 0.3) is 0 Å². The van der Waals surface area contributed by atoms with Gasteiger partial charge in [-0.15, -0.1) is 0 Å². The Labute approximate surface area is 134 Å². The van der Waals surface area contributed by atoms with Crippen LogP contribution in [-0.2, 0) is 9.53 Å². The average molecular weight is 303 g/mol. The van der Waals surface area contributed by atoms with E-state index in [9.17, 15) is 4.79 Å². The van der Waals surface area contributed by atoms with Gasteiger partial charge in [-0.3, -0.25) is 4.99 Å². The molecule has 0 aliphatic rings. The maximum atomic E-state index is 12.6. The first kappa shape index (κ1) is 18.4. The van der Waals surface area contributed by atoms with E-state index in [4.69, 9.17) is 9.73 Å². The Bertz CT molecular complexity index is 446. The minimum atomic E-state index is -0.724. The zero-order chi connectivity index (χ0) is 16.3. The second kappa shape index (κ2) is 10.1. The van der Waals surface area contributed by atoms with Gasteiger partial charge in [-0.1, -0.05) is 69.9 Å². The molecule has 0 aliphatic carbocycles. The van der Waals surface area contributed by atoms with Crippen molar-refractivity contribution in [3.63, 3.8) is 0 Å². The Morgan fingerprint density at radius 1 is 1.09 bits per heavy atom. The van der Waals surface area contributed by atoms with Gasteiger partial charge in [0.05, 0.1) is 6.61 Å². The van der Waals surface area contributed by atoms with Gasteiger partial charge in [0.15, 0.2) is 5.54 Å². The van der Waals surface area contributed by atoms with Crippen molar-refractivity contribution in [1.29, 1.82) is 0 Å². The van der Waals surface area contributed by atoms with Gasteiger partial charge < -0.3 is 4.74 Å². The molecule has 0 saturated carbocycles. The summed E-state index contributed by atoms with van der Waals surface area (Å²) in [4.78, 5) is 17.3. The van der Waals surface area contributed by atoms with Crippen molar-refractivity contribution < 1.29 is 9.53 Å². The molecule has 0 radical (unpaired) electrons. The number of esters is 1. The molecule has 1 aromatic rings. The Morgan fingerprint density at radius 2 is 1.68 bits per heavy atom. The molecule has 0 amide bonds. The third kappa shape index (κ3) is 5.63. The van der Waals surface area contributed by atoms with Gasteiger partial charge in [-0.25, -0.2) is 4.79 Å². The lowest BCUT2D eigenvalue weighted by molar-refractivity contribution is -0.150. The van der Waals surface area contributed by atoms with Crippen LogP contribution in [0.5, 0.6) is 0 Å². The molecule has 22 heavy (non-hydrogen) atoms. The summed E-state index contributed by atoms with van der Waals surface area (Å²) in [6, 6.07) is 9.93.